The monoisotopic (exact) mass is 361 g/mol. The molecule has 1 aromatic carbocycles. The number of cyclic esters (lactones) is 1. The van der Waals surface area contributed by atoms with E-state index in [2.05, 4.69) is 0 Å². The van der Waals surface area contributed by atoms with Crippen LogP contribution in [0.5, 0.6) is 0 Å². The van der Waals surface area contributed by atoms with Gasteiger partial charge in [0.15, 0.2) is 6.23 Å². The predicted octanol–water partition coefficient (Wildman–Crippen LogP) is 3.37. The van der Waals surface area contributed by atoms with Crippen molar-refractivity contribution in [2.75, 3.05) is 6.61 Å². The third kappa shape index (κ3) is 4.02. The number of benzene rings is 1. The van der Waals surface area contributed by atoms with Crippen molar-refractivity contribution in [2.24, 2.45) is 0 Å². The Morgan fingerprint density at radius 1 is 1.23 bits per heavy atom. The first-order chi connectivity index (χ1) is 12.3. The van der Waals surface area contributed by atoms with Crippen molar-refractivity contribution in [1.29, 1.82) is 0 Å². The van der Waals surface area contributed by atoms with E-state index >= 15 is 0 Å². The fraction of sp³-hybridized carbons (Fsp3) is 0.550. The predicted molar refractivity (Wildman–Crippen MR) is 96.2 cm³/mol. The second kappa shape index (κ2) is 7.29. The lowest BCUT2D eigenvalue weighted by Crippen LogP contribution is -2.47. The maximum Gasteiger partial charge on any atom is 0.413 e. The molecule has 1 N–H and O–H groups in total. The van der Waals surface area contributed by atoms with E-state index in [1.165, 1.54) is 0 Å². The Morgan fingerprint density at radius 3 is 2.54 bits per heavy atom. The third-order valence-corrected chi connectivity index (χ3v) is 4.51. The van der Waals surface area contributed by atoms with Gasteiger partial charge in [-0.15, -0.1) is 0 Å². The summed E-state index contributed by atoms with van der Waals surface area (Å²) in [4.78, 5) is 14.2. The van der Waals surface area contributed by atoms with Gasteiger partial charge in [0.1, 0.15) is 18.5 Å². The lowest BCUT2D eigenvalue weighted by molar-refractivity contribution is -0.103. The van der Waals surface area contributed by atoms with Gasteiger partial charge in [0.25, 0.3) is 0 Å². The number of aliphatic hydroxyl groups excluding tert-OH is 1. The number of carbonyl (C=O) groups excluding carboxylic acids is 1. The summed E-state index contributed by atoms with van der Waals surface area (Å²) < 4.78 is 17.5. The second-order valence-electron chi connectivity index (χ2n) is 7.73. The number of nitrogens with zero attached hydrogens (tertiary/aromatic N) is 1. The lowest BCUT2D eigenvalue weighted by Gasteiger charge is -2.37. The summed E-state index contributed by atoms with van der Waals surface area (Å²) in [6, 6.07) is 9.49. The molecule has 1 amide bonds. The normalized spacial score (nSPS) is 29.2. The van der Waals surface area contributed by atoms with Gasteiger partial charge in [-0.3, -0.25) is 4.90 Å². The average Bonchev–Trinajstić information content (AvgIpc) is 2.88. The molecule has 26 heavy (non-hydrogen) atoms. The summed E-state index contributed by atoms with van der Waals surface area (Å²) in [6.45, 7) is 7.63. The van der Waals surface area contributed by atoms with Crippen molar-refractivity contribution >= 4 is 6.09 Å². The molecule has 0 radical (unpaired) electrons. The molecule has 2 aliphatic heterocycles. The molecule has 6 heteroatoms. The molecule has 0 aromatic heterocycles. The zero-order valence-corrected chi connectivity index (χ0v) is 15.7. The van der Waals surface area contributed by atoms with Gasteiger partial charge in [-0.1, -0.05) is 30.3 Å². The van der Waals surface area contributed by atoms with Gasteiger partial charge >= 0.3 is 6.09 Å². The van der Waals surface area contributed by atoms with Crippen LogP contribution in [0.3, 0.4) is 0 Å². The number of hydrogen-bond donors (Lipinski definition) is 1. The van der Waals surface area contributed by atoms with Crippen LogP contribution in [0.15, 0.2) is 42.2 Å². The largest absolute Gasteiger partial charge is 0.472 e. The van der Waals surface area contributed by atoms with Gasteiger partial charge in [-0.2, -0.15) is 0 Å². The minimum absolute atomic E-state index is 0.191. The zero-order chi connectivity index (χ0) is 18.9. The molecule has 2 heterocycles. The van der Waals surface area contributed by atoms with Gasteiger partial charge in [0, 0.05) is 6.42 Å². The van der Waals surface area contributed by atoms with Gasteiger partial charge in [0.05, 0.1) is 17.7 Å². The second-order valence-corrected chi connectivity index (χ2v) is 7.73. The molecule has 0 saturated carbocycles. The molecule has 4 atom stereocenters. The molecule has 3 rings (SSSR count). The Balaban J connectivity index is 1.79. The summed E-state index contributed by atoms with van der Waals surface area (Å²) in [7, 11) is 0. The first-order valence-corrected chi connectivity index (χ1v) is 8.98. The standard InChI is InChI=1S/C20H27NO5/c1-13-18(14-8-6-5-7-9-14)25-19(23)21(13)17-11-15(26-20(2,3)4)10-16(12-22)24-17/h5-10,13,15,17-18,22H,11-12H2,1-4H3/t13-,15+,17-,18-/m1/s1. The summed E-state index contributed by atoms with van der Waals surface area (Å²) in [5.74, 6) is 0.415. The minimum Gasteiger partial charge on any atom is -0.472 e. The van der Waals surface area contributed by atoms with E-state index in [9.17, 15) is 9.90 Å². The summed E-state index contributed by atoms with van der Waals surface area (Å²) in [5.41, 5.74) is 0.611. The molecule has 1 aromatic rings. The molecule has 142 valence electrons. The maximum absolute atomic E-state index is 12.6. The van der Waals surface area contributed by atoms with Crippen LogP contribution < -0.4 is 0 Å². The van der Waals surface area contributed by atoms with Crippen molar-refractivity contribution in [3.05, 3.63) is 47.7 Å². The molecule has 0 bridgehead atoms. The van der Waals surface area contributed by atoms with E-state index in [4.69, 9.17) is 14.2 Å². The fourth-order valence-electron chi connectivity index (χ4n) is 3.48. The van der Waals surface area contributed by atoms with Crippen molar-refractivity contribution in [2.45, 2.75) is 64.2 Å². The SMILES string of the molecule is C[C@@H]1[C@H](c2ccccc2)OC(=O)N1[C@H]1C[C@@H](OC(C)(C)C)C=C(CO)O1. The van der Waals surface area contributed by atoms with Gasteiger partial charge in [0.2, 0.25) is 0 Å². The van der Waals surface area contributed by atoms with Crippen LogP contribution in [-0.2, 0) is 14.2 Å². The Labute approximate surface area is 154 Å². The molecular formula is C20H27NO5. The van der Waals surface area contributed by atoms with E-state index in [0.29, 0.717) is 12.2 Å². The number of amides is 1. The number of ether oxygens (including phenoxy) is 3. The van der Waals surface area contributed by atoms with Gasteiger partial charge in [-0.05, 0) is 39.3 Å². The lowest BCUT2D eigenvalue weighted by atomic mass is 10.0. The Hall–Kier alpha value is -2.05. The topological polar surface area (TPSA) is 68.2 Å². The van der Waals surface area contributed by atoms with E-state index < -0.39 is 12.3 Å². The van der Waals surface area contributed by atoms with Crippen molar-refractivity contribution in [3.63, 3.8) is 0 Å². The fourth-order valence-corrected chi connectivity index (χ4v) is 3.48. The number of aliphatic hydroxyl groups is 1. The van der Waals surface area contributed by atoms with Crippen LogP contribution >= 0.6 is 0 Å². The quantitative estimate of drug-likeness (QED) is 0.890. The van der Waals surface area contributed by atoms with Crippen molar-refractivity contribution < 1.29 is 24.1 Å². The van der Waals surface area contributed by atoms with Crippen LogP contribution in [0.1, 0.15) is 45.8 Å². The van der Waals surface area contributed by atoms with E-state index in [1.54, 1.807) is 11.0 Å². The van der Waals surface area contributed by atoms with Gasteiger partial charge in [-0.25, -0.2) is 4.79 Å². The minimum atomic E-state index is -0.536. The third-order valence-electron chi connectivity index (χ3n) is 4.51. The summed E-state index contributed by atoms with van der Waals surface area (Å²) >= 11 is 0. The van der Waals surface area contributed by atoms with Crippen molar-refractivity contribution in [1.82, 2.24) is 4.90 Å². The van der Waals surface area contributed by atoms with Crippen LogP contribution in [0.25, 0.3) is 0 Å². The van der Waals surface area contributed by atoms with Crippen LogP contribution in [-0.4, -0.2) is 46.7 Å². The highest BCUT2D eigenvalue weighted by Gasteiger charge is 2.46. The van der Waals surface area contributed by atoms with Crippen LogP contribution in [0.2, 0.25) is 0 Å². The highest BCUT2D eigenvalue weighted by atomic mass is 16.6. The maximum atomic E-state index is 12.6. The smallest absolute Gasteiger partial charge is 0.413 e. The molecule has 2 aliphatic rings. The molecule has 1 saturated heterocycles. The Morgan fingerprint density at radius 2 is 1.92 bits per heavy atom. The highest BCUT2D eigenvalue weighted by molar-refractivity contribution is 5.71. The summed E-state index contributed by atoms with van der Waals surface area (Å²) in [5, 5.41) is 9.55. The Kier molecular flexibility index (Phi) is 5.25. The average molecular weight is 361 g/mol. The van der Waals surface area contributed by atoms with Crippen LogP contribution in [0, 0.1) is 0 Å². The molecule has 6 nitrogen and oxygen atoms in total. The molecule has 1 fully saturated rings. The number of rotatable bonds is 4. The molecular weight excluding hydrogens is 334 g/mol. The van der Waals surface area contributed by atoms with E-state index in [1.807, 2.05) is 58.0 Å². The number of hydrogen-bond acceptors (Lipinski definition) is 5. The van der Waals surface area contributed by atoms with Gasteiger partial charge < -0.3 is 19.3 Å². The molecule has 0 spiro atoms. The first-order valence-electron chi connectivity index (χ1n) is 8.98. The molecule has 0 unspecified atom stereocenters. The summed E-state index contributed by atoms with van der Waals surface area (Å²) in [6.07, 6.45) is 0.727. The highest BCUT2D eigenvalue weighted by Crippen LogP contribution is 2.37. The number of carbonyl (C=O) groups is 1. The van der Waals surface area contributed by atoms with E-state index in [-0.39, 0.29) is 30.5 Å². The van der Waals surface area contributed by atoms with Crippen LogP contribution in [0.4, 0.5) is 4.79 Å². The first kappa shape index (κ1) is 18.7. The zero-order valence-electron chi connectivity index (χ0n) is 15.7. The molecule has 0 aliphatic carbocycles. The Bertz CT molecular complexity index is 667. The van der Waals surface area contributed by atoms with E-state index in [0.717, 1.165) is 5.56 Å². The van der Waals surface area contributed by atoms with Crippen molar-refractivity contribution in [3.8, 4) is 0 Å².